The van der Waals surface area contributed by atoms with E-state index in [4.69, 9.17) is 0 Å². The van der Waals surface area contributed by atoms with Crippen LogP contribution in [-0.2, 0) is 10.8 Å². The maximum Gasteiger partial charge on any atom is 0.0477 e. The van der Waals surface area contributed by atoms with Crippen molar-refractivity contribution in [3.63, 3.8) is 0 Å². The van der Waals surface area contributed by atoms with Gasteiger partial charge in [0.2, 0.25) is 0 Å². The Balaban J connectivity index is 1.78. The summed E-state index contributed by atoms with van der Waals surface area (Å²) < 4.78 is 0. The van der Waals surface area contributed by atoms with E-state index in [1.54, 1.807) is 0 Å². The molecule has 2 fully saturated rings. The van der Waals surface area contributed by atoms with Crippen molar-refractivity contribution in [2.24, 2.45) is 17.8 Å². The molecule has 2 bridgehead atoms. The van der Waals surface area contributed by atoms with Gasteiger partial charge in [0.25, 0.3) is 0 Å². The average Bonchev–Trinajstić information content (AvgIpc) is 2.85. The van der Waals surface area contributed by atoms with Crippen LogP contribution in [0.15, 0.2) is 72.8 Å². The number of fused-ring (bicyclic) bond motifs is 5. The minimum atomic E-state index is 0.101. The van der Waals surface area contributed by atoms with Crippen molar-refractivity contribution < 1.29 is 5.11 Å². The quantitative estimate of drug-likeness (QED) is 0.854. The Kier molecular flexibility index (Phi) is 2.37. The number of allylic oxidation sites excluding steroid dienone is 2. The highest BCUT2D eigenvalue weighted by atomic mass is 16.3. The Morgan fingerprint density at radius 1 is 0.773 bits per heavy atom. The SMILES string of the molecule is OCC1[C@@]2(c3ccccc3)[C@H]3C=C[C@@H](C3)[C@@]12c1ccccc1. The molecule has 1 nitrogen and oxygen atoms in total. The molecule has 0 aromatic heterocycles. The Morgan fingerprint density at radius 2 is 1.23 bits per heavy atom. The van der Waals surface area contributed by atoms with Crippen LogP contribution in [0.5, 0.6) is 0 Å². The van der Waals surface area contributed by atoms with Gasteiger partial charge in [-0.2, -0.15) is 0 Å². The third kappa shape index (κ3) is 1.15. The van der Waals surface area contributed by atoms with E-state index in [1.807, 2.05) is 0 Å². The predicted molar refractivity (Wildman–Crippen MR) is 87.6 cm³/mol. The van der Waals surface area contributed by atoms with Gasteiger partial charge in [0, 0.05) is 23.4 Å². The summed E-state index contributed by atoms with van der Waals surface area (Å²) in [6.45, 7) is 0.276. The van der Waals surface area contributed by atoms with Gasteiger partial charge in [-0.15, -0.1) is 0 Å². The molecule has 5 rings (SSSR count). The van der Waals surface area contributed by atoms with Crippen LogP contribution < -0.4 is 0 Å². The molecule has 1 N–H and O–H groups in total. The third-order valence-corrected chi connectivity index (χ3v) is 6.64. The Hall–Kier alpha value is -1.86. The zero-order valence-corrected chi connectivity index (χ0v) is 12.5. The summed E-state index contributed by atoms with van der Waals surface area (Å²) in [5.74, 6) is 1.47. The van der Waals surface area contributed by atoms with Crippen molar-refractivity contribution in [3.8, 4) is 0 Å². The van der Waals surface area contributed by atoms with E-state index in [1.165, 1.54) is 17.5 Å². The lowest BCUT2D eigenvalue weighted by molar-refractivity contribution is 0.236. The Bertz CT molecular complexity index is 674. The van der Waals surface area contributed by atoms with Gasteiger partial charge < -0.3 is 5.11 Å². The molecule has 0 aliphatic heterocycles. The van der Waals surface area contributed by atoms with Gasteiger partial charge in [-0.3, -0.25) is 0 Å². The van der Waals surface area contributed by atoms with Gasteiger partial charge in [0.05, 0.1) is 0 Å². The van der Waals surface area contributed by atoms with E-state index < -0.39 is 0 Å². The third-order valence-electron chi connectivity index (χ3n) is 6.64. The molecule has 5 atom stereocenters. The normalized spacial score (nSPS) is 40.7. The first kappa shape index (κ1) is 12.7. The highest BCUT2D eigenvalue weighted by Crippen LogP contribution is 2.83. The van der Waals surface area contributed by atoms with E-state index in [0.29, 0.717) is 17.8 Å². The van der Waals surface area contributed by atoms with Crippen LogP contribution in [0, 0.1) is 17.8 Å². The molecule has 0 heterocycles. The van der Waals surface area contributed by atoms with Crippen LogP contribution in [0.2, 0.25) is 0 Å². The fraction of sp³-hybridized carbons (Fsp3) is 0.333. The van der Waals surface area contributed by atoms with E-state index in [0.717, 1.165) is 0 Å². The molecule has 3 aliphatic carbocycles. The predicted octanol–water partition coefficient (Wildman–Crippen LogP) is 3.69. The van der Waals surface area contributed by atoms with E-state index in [2.05, 4.69) is 72.8 Å². The second-order valence-corrected chi connectivity index (χ2v) is 7.04. The van der Waals surface area contributed by atoms with Crippen LogP contribution in [0.1, 0.15) is 17.5 Å². The van der Waals surface area contributed by atoms with Crippen molar-refractivity contribution in [2.45, 2.75) is 17.3 Å². The number of hydrogen-bond donors (Lipinski definition) is 1. The van der Waals surface area contributed by atoms with Crippen LogP contribution in [-0.4, -0.2) is 11.7 Å². The van der Waals surface area contributed by atoms with Crippen molar-refractivity contribution >= 4 is 0 Å². The van der Waals surface area contributed by atoms with E-state index in [-0.39, 0.29) is 17.4 Å². The Labute approximate surface area is 131 Å². The Morgan fingerprint density at radius 3 is 1.64 bits per heavy atom. The lowest BCUT2D eigenvalue weighted by Gasteiger charge is -2.28. The summed E-state index contributed by atoms with van der Waals surface area (Å²) in [6, 6.07) is 21.8. The molecule has 2 aromatic carbocycles. The van der Waals surface area contributed by atoms with Crippen LogP contribution >= 0.6 is 0 Å². The van der Waals surface area contributed by atoms with Gasteiger partial charge in [-0.25, -0.2) is 0 Å². The number of aliphatic hydroxyl groups excluding tert-OH is 1. The van der Waals surface area contributed by atoms with Crippen molar-refractivity contribution in [1.29, 1.82) is 0 Å². The molecule has 2 aromatic rings. The number of benzene rings is 2. The van der Waals surface area contributed by atoms with Crippen molar-refractivity contribution in [1.82, 2.24) is 0 Å². The molecule has 2 saturated carbocycles. The van der Waals surface area contributed by atoms with Gasteiger partial charge in [-0.05, 0) is 29.4 Å². The standard InChI is InChI=1S/C21H20O/c22-14-19-20(15-7-3-1-4-8-15)17-11-12-18(13-17)21(19,20)16-9-5-2-6-10-16/h1-12,17-19,22H,13-14H2/t17-,18-,19?,20-,21+/m0/s1. The maximum atomic E-state index is 10.2. The van der Waals surface area contributed by atoms with Crippen molar-refractivity contribution in [3.05, 3.63) is 83.9 Å². The topological polar surface area (TPSA) is 20.2 Å². The second kappa shape index (κ2) is 4.11. The zero-order chi connectivity index (χ0) is 14.8. The zero-order valence-electron chi connectivity index (χ0n) is 12.5. The van der Waals surface area contributed by atoms with Crippen molar-refractivity contribution in [2.75, 3.05) is 6.61 Å². The summed E-state index contributed by atoms with van der Waals surface area (Å²) in [4.78, 5) is 0. The number of hydrogen-bond acceptors (Lipinski definition) is 1. The molecule has 0 spiro atoms. The highest BCUT2D eigenvalue weighted by Gasteiger charge is 2.85. The highest BCUT2D eigenvalue weighted by molar-refractivity contribution is 5.60. The molecule has 110 valence electrons. The summed E-state index contributed by atoms with van der Waals surface area (Å²) in [5.41, 5.74) is 3.03. The molecular formula is C21H20O. The molecule has 1 unspecified atom stereocenters. The summed E-state index contributed by atoms with van der Waals surface area (Å²) in [5, 5.41) is 10.2. The fourth-order valence-corrected chi connectivity index (χ4v) is 6.13. The van der Waals surface area contributed by atoms with E-state index in [9.17, 15) is 5.11 Å². The summed E-state index contributed by atoms with van der Waals surface area (Å²) in [7, 11) is 0. The lowest BCUT2D eigenvalue weighted by Crippen LogP contribution is -2.26. The van der Waals surface area contributed by atoms with Crippen LogP contribution in [0.3, 0.4) is 0 Å². The lowest BCUT2D eigenvalue weighted by atomic mass is 9.75. The largest absolute Gasteiger partial charge is 0.396 e. The van der Waals surface area contributed by atoms with E-state index >= 15 is 0 Å². The monoisotopic (exact) mass is 288 g/mol. The van der Waals surface area contributed by atoms with Gasteiger partial charge in [0.1, 0.15) is 0 Å². The number of rotatable bonds is 3. The molecule has 1 heteroatoms. The molecule has 0 radical (unpaired) electrons. The minimum Gasteiger partial charge on any atom is -0.396 e. The average molecular weight is 288 g/mol. The van der Waals surface area contributed by atoms with Gasteiger partial charge in [-0.1, -0.05) is 72.8 Å². The van der Waals surface area contributed by atoms with Crippen LogP contribution in [0.4, 0.5) is 0 Å². The number of aliphatic hydroxyl groups is 1. The molecule has 0 saturated heterocycles. The van der Waals surface area contributed by atoms with Gasteiger partial charge >= 0.3 is 0 Å². The molecule has 0 amide bonds. The van der Waals surface area contributed by atoms with Gasteiger partial charge in [0.15, 0.2) is 0 Å². The fourth-order valence-electron chi connectivity index (χ4n) is 6.13. The molecular weight excluding hydrogens is 268 g/mol. The second-order valence-electron chi connectivity index (χ2n) is 7.04. The van der Waals surface area contributed by atoms with Crippen LogP contribution in [0.25, 0.3) is 0 Å². The summed E-state index contributed by atoms with van der Waals surface area (Å²) in [6.07, 6.45) is 6.06. The maximum absolute atomic E-state index is 10.2. The smallest absolute Gasteiger partial charge is 0.0477 e. The first-order valence-corrected chi connectivity index (χ1v) is 8.27. The molecule has 3 aliphatic rings. The summed E-state index contributed by atoms with van der Waals surface area (Å²) >= 11 is 0. The first-order chi connectivity index (χ1) is 10.9. The molecule has 22 heavy (non-hydrogen) atoms. The minimum absolute atomic E-state index is 0.101. The first-order valence-electron chi connectivity index (χ1n) is 8.27.